The third kappa shape index (κ3) is 3.70. The number of pyridine rings is 1. The molecular formula is C16H13NO4. The van der Waals surface area contributed by atoms with Gasteiger partial charge >= 0.3 is 11.9 Å². The van der Waals surface area contributed by atoms with E-state index in [0.29, 0.717) is 12.2 Å². The maximum atomic E-state index is 9.55. The lowest BCUT2D eigenvalue weighted by Crippen LogP contribution is -1.91. The van der Waals surface area contributed by atoms with Crippen LogP contribution in [0.1, 0.15) is 0 Å². The van der Waals surface area contributed by atoms with Gasteiger partial charge in [-0.2, -0.15) is 0 Å². The molecule has 1 aromatic carbocycles. The highest BCUT2D eigenvalue weighted by atomic mass is 16.4. The van der Waals surface area contributed by atoms with E-state index in [-0.39, 0.29) is 0 Å². The van der Waals surface area contributed by atoms with Gasteiger partial charge in [-0.05, 0) is 24.3 Å². The molecule has 5 heteroatoms. The normalized spacial score (nSPS) is 10.5. The number of nitrogens with zero attached hydrogens (tertiary/aromatic N) is 1. The number of para-hydroxylation sites is 1. The quantitative estimate of drug-likeness (QED) is 0.709. The molecule has 0 bridgehead atoms. The van der Waals surface area contributed by atoms with Gasteiger partial charge in [0.2, 0.25) is 0 Å². The van der Waals surface area contributed by atoms with Crippen LogP contribution in [0.15, 0.2) is 66.9 Å². The summed E-state index contributed by atoms with van der Waals surface area (Å²) in [6.45, 7) is 0. The summed E-state index contributed by atoms with van der Waals surface area (Å²) in [6.07, 6.45) is 3.21. The maximum Gasteiger partial charge on any atom is 0.328 e. The zero-order chi connectivity index (χ0) is 15.2. The second kappa shape index (κ2) is 6.38. The number of aromatic nitrogens is 1. The predicted molar refractivity (Wildman–Crippen MR) is 79.3 cm³/mol. The third-order valence-electron chi connectivity index (χ3n) is 2.76. The lowest BCUT2D eigenvalue weighted by atomic mass is 10.2. The fraction of sp³-hybridized carbons (Fsp3) is 0. The Morgan fingerprint density at radius 1 is 0.905 bits per heavy atom. The number of carbonyl (C=O) groups is 2. The minimum atomic E-state index is -1.26. The molecule has 0 aliphatic rings. The van der Waals surface area contributed by atoms with Crippen molar-refractivity contribution >= 4 is 28.4 Å². The fourth-order valence-corrected chi connectivity index (χ4v) is 1.92. The van der Waals surface area contributed by atoms with E-state index < -0.39 is 11.9 Å². The van der Waals surface area contributed by atoms with Crippen molar-refractivity contribution in [1.82, 2.24) is 4.40 Å². The number of aliphatic carboxylic acids is 2. The van der Waals surface area contributed by atoms with Gasteiger partial charge in [0, 0.05) is 29.3 Å². The molecule has 0 fully saturated rings. The molecule has 5 nitrogen and oxygen atoms in total. The lowest BCUT2D eigenvalue weighted by molar-refractivity contribution is -0.134. The molecule has 3 aromatic rings. The Morgan fingerprint density at radius 2 is 1.52 bits per heavy atom. The van der Waals surface area contributed by atoms with Gasteiger partial charge in [-0.15, -0.1) is 0 Å². The zero-order valence-electron chi connectivity index (χ0n) is 11.0. The molecule has 3 rings (SSSR count). The van der Waals surface area contributed by atoms with Gasteiger partial charge in [0.05, 0.1) is 5.52 Å². The summed E-state index contributed by atoms with van der Waals surface area (Å²) in [5.74, 6) is -2.51. The third-order valence-corrected chi connectivity index (χ3v) is 2.76. The van der Waals surface area contributed by atoms with E-state index in [1.807, 2.05) is 0 Å². The van der Waals surface area contributed by atoms with Crippen LogP contribution in [0.3, 0.4) is 0 Å². The van der Waals surface area contributed by atoms with Gasteiger partial charge < -0.3 is 14.6 Å². The Hall–Kier alpha value is -3.08. The molecule has 0 saturated heterocycles. The molecule has 0 aliphatic carbocycles. The van der Waals surface area contributed by atoms with Gasteiger partial charge in [-0.25, -0.2) is 9.59 Å². The molecule has 0 radical (unpaired) electrons. The first-order valence-corrected chi connectivity index (χ1v) is 6.16. The Bertz CT molecular complexity index is 751. The summed E-state index contributed by atoms with van der Waals surface area (Å²) in [7, 11) is 0. The van der Waals surface area contributed by atoms with Crippen molar-refractivity contribution in [3.8, 4) is 0 Å². The molecule has 0 saturated carbocycles. The number of hydrogen-bond acceptors (Lipinski definition) is 2. The summed E-state index contributed by atoms with van der Waals surface area (Å²) in [6, 6.07) is 16.9. The van der Waals surface area contributed by atoms with Crippen LogP contribution in [-0.4, -0.2) is 26.6 Å². The van der Waals surface area contributed by atoms with Gasteiger partial charge in [0.1, 0.15) is 0 Å². The van der Waals surface area contributed by atoms with Crippen LogP contribution in [0.2, 0.25) is 0 Å². The minimum Gasteiger partial charge on any atom is -0.478 e. The van der Waals surface area contributed by atoms with Crippen LogP contribution >= 0.6 is 0 Å². The van der Waals surface area contributed by atoms with Crippen molar-refractivity contribution in [1.29, 1.82) is 0 Å². The van der Waals surface area contributed by atoms with Crippen molar-refractivity contribution in [2.24, 2.45) is 0 Å². The highest BCUT2D eigenvalue weighted by Crippen LogP contribution is 2.18. The summed E-state index contributed by atoms with van der Waals surface area (Å²) >= 11 is 0. The number of benzene rings is 1. The van der Waals surface area contributed by atoms with Crippen molar-refractivity contribution in [2.75, 3.05) is 0 Å². The SMILES string of the molecule is O=C(O)C=CC(=O)O.c1ccc2c(c1)cc1ccccn12. The molecule has 0 atom stereocenters. The van der Waals surface area contributed by atoms with Crippen LogP contribution in [0.25, 0.3) is 16.4 Å². The van der Waals surface area contributed by atoms with Gasteiger partial charge in [-0.3, -0.25) is 0 Å². The number of hydrogen-bond donors (Lipinski definition) is 2. The van der Waals surface area contributed by atoms with E-state index in [2.05, 4.69) is 59.1 Å². The summed E-state index contributed by atoms with van der Waals surface area (Å²) < 4.78 is 2.20. The number of rotatable bonds is 2. The van der Waals surface area contributed by atoms with Crippen LogP contribution in [-0.2, 0) is 9.59 Å². The van der Waals surface area contributed by atoms with Crippen LogP contribution in [0.4, 0.5) is 0 Å². The zero-order valence-corrected chi connectivity index (χ0v) is 11.0. The minimum absolute atomic E-state index is 0.558. The molecular weight excluding hydrogens is 270 g/mol. The highest BCUT2D eigenvalue weighted by molar-refractivity contribution is 5.89. The topological polar surface area (TPSA) is 79.0 Å². The Kier molecular flexibility index (Phi) is 4.36. The second-order valence-electron chi connectivity index (χ2n) is 4.21. The van der Waals surface area contributed by atoms with E-state index in [1.54, 1.807) is 0 Å². The van der Waals surface area contributed by atoms with Gasteiger partial charge in [-0.1, -0.05) is 24.3 Å². The summed E-state index contributed by atoms with van der Waals surface area (Å²) in [5, 5.41) is 16.9. The molecule has 0 spiro atoms. The summed E-state index contributed by atoms with van der Waals surface area (Å²) in [4.78, 5) is 19.1. The molecule has 0 aliphatic heterocycles. The van der Waals surface area contributed by atoms with Crippen molar-refractivity contribution in [2.45, 2.75) is 0 Å². The highest BCUT2D eigenvalue weighted by Gasteiger charge is 1.98. The average molecular weight is 283 g/mol. The Labute approximate surface area is 120 Å². The standard InChI is InChI=1S/C12H9N.C4H4O4/c1-2-7-12-10(5-1)9-11-6-3-4-8-13(11)12;5-3(6)1-2-4(7)8/h1-9H;1-2H,(H,5,6)(H,7,8). The number of fused-ring (bicyclic) bond motifs is 3. The molecule has 106 valence electrons. The first-order chi connectivity index (χ1) is 10.1. The van der Waals surface area contributed by atoms with E-state index in [0.717, 1.165) is 0 Å². The second-order valence-corrected chi connectivity index (χ2v) is 4.21. The molecule has 2 N–H and O–H groups in total. The Morgan fingerprint density at radius 3 is 2.19 bits per heavy atom. The molecule has 0 amide bonds. The largest absolute Gasteiger partial charge is 0.478 e. The Balaban J connectivity index is 0.000000177. The molecule has 2 aromatic heterocycles. The van der Waals surface area contributed by atoms with E-state index in [4.69, 9.17) is 10.2 Å². The maximum absolute atomic E-state index is 9.55. The number of carboxylic acids is 2. The van der Waals surface area contributed by atoms with Crippen molar-refractivity contribution < 1.29 is 19.8 Å². The van der Waals surface area contributed by atoms with Gasteiger partial charge in [0.15, 0.2) is 0 Å². The van der Waals surface area contributed by atoms with Crippen LogP contribution in [0.5, 0.6) is 0 Å². The molecule has 2 heterocycles. The number of carboxylic acid groups (broad SMARTS) is 2. The lowest BCUT2D eigenvalue weighted by Gasteiger charge is -1.94. The monoisotopic (exact) mass is 283 g/mol. The summed E-state index contributed by atoms with van der Waals surface area (Å²) in [5.41, 5.74) is 2.53. The van der Waals surface area contributed by atoms with Crippen LogP contribution < -0.4 is 0 Å². The van der Waals surface area contributed by atoms with Crippen molar-refractivity contribution in [3.63, 3.8) is 0 Å². The van der Waals surface area contributed by atoms with E-state index in [1.165, 1.54) is 16.4 Å². The van der Waals surface area contributed by atoms with Gasteiger partial charge in [0.25, 0.3) is 0 Å². The van der Waals surface area contributed by atoms with E-state index in [9.17, 15) is 9.59 Å². The molecule has 21 heavy (non-hydrogen) atoms. The first kappa shape index (κ1) is 14.3. The van der Waals surface area contributed by atoms with Crippen molar-refractivity contribution in [3.05, 3.63) is 66.9 Å². The average Bonchev–Trinajstić information content (AvgIpc) is 2.84. The first-order valence-electron chi connectivity index (χ1n) is 6.16. The smallest absolute Gasteiger partial charge is 0.328 e. The van der Waals surface area contributed by atoms with E-state index >= 15 is 0 Å². The fourth-order valence-electron chi connectivity index (χ4n) is 1.92. The predicted octanol–water partition coefficient (Wildman–Crippen LogP) is 2.80. The van der Waals surface area contributed by atoms with Crippen LogP contribution in [0, 0.1) is 0 Å². The molecule has 0 unspecified atom stereocenters.